The summed E-state index contributed by atoms with van der Waals surface area (Å²) in [5, 5.41) is 23.7. The summed E-state index contributed by atoms with van der Waals surface area (Å²) < 4.78 is 57.0. The third-order valence-corrected chi connectivity index (χ3v) is 14.2. The zero-order valence-electron chi connectivity index (χ0n) is 37.8. The van der Waals surface area contributed by atoms with E-state index in [2.05, 4.69) is 26.8 Å². The fourth-order valence-electron chi connectivity index (χ4n) is 10.4. The van der Waals surface area contributed by atoms with E-state index in [1.54, 1.807) is 50.5 Å². The van der Waals surface area contributed by atoms with Crippen molar-refractivity contribution in [1.82, 2.24) is 0 Å². The Kier molecular flexibility index (Phi) is 14.6. The van der Waals surface area contributed by atoms with Gasteiger partial charge in [-0.05, 0) is 74.3 Å². The Morgan fingerprint density at radius 2 is 1.82 bits per heavy atom. The number of para-hydroxylation sites is 1. The van der Waals surface area contributed by atoms with Gasteiger partial charge in [0.2, 0.25) is 0 Å². The van der Waals surface area contributed by atoms with Crippen LogP contribution in [0, 0.1) is 23.7 Å². The quantitative estimate of drug-likeness (QED) is 0.205. The van der Waals surface area contributed by atoms with Gasteiger partial charge in [0, 0.05) is 38.7 Å². The average Bonchev–Trinajstić information content (AvgIpc) is 3.60. The molecule has 5 heterocycles. The fraction of sp³-hybridized carbons (Fsp3) is 0.673. The molecule has 1 aliphatic carbocycles. The number of aliphatic hydroxyl groups excluding tert-OH is 1. The summed E-state index contributed by atoms with van der Waals surface area (Å²) in [4.78, 5) is 27.7. The number of hydrogen-bond donors (Lipinski definition) is 2. The van der Waals surface area contributed by atoms with Crippen LogP contribution in [0.4, 0.5) is 0 Å². The first-order chi connectivity index (χ1) is 29.6. The predicted molar refractivity (Wildman–Crippen MR) is 229 cm³/mol. The van der Waals surface area contributed by atoms with Crippen molar-refractivity contribution in [1.29, 1.82) is 0 Å². The molecule has 62 heavy (non-hydrogen) atoms. The van der Waals surface area contributed by atoms with Crippen LogP contribution in [0.25, 0.3) is 0 Å². The molecule has 16 atom stereocenters. The van der Waals surface area contributed by atoms with E-state index in [-0.39, 0.29) is 24.7 Å². The van der Waals surface area contributed by atoms with Crippen molar-refractivity contribution in [2.75, 3.05) is 20.8 Å². The molecular weight excluding hydrogens is 797 g/mol. The molecule has 4 fully saturated rings. The molecular formula is C49H68O13. The number of ether oxygens (including phenoxy) is 9. The lowest BCUT2D eigenvalue weighted by atomic mass is 9.71. The van der Waals surface area contributed by atoms with Gasteiger partial charge < -0.3 is 52.8 Å². The molecule has 0 amide bonds. The maximum Gasteiger partial charge on any atom is 0.342 e. The summed E-state index contributed by atoms with van der Waals surface area (Å²) in [6, 6.07) is 6.91. The van der Waals surface area contributed by atoms with Crippen molar-refractivity contribution in [3.05, 3.63) is 76.9 Å². The van der Waals surface area contributed by atoms with Gasteiger partial charge in [0.25, 0.3) is 0 Å². The predicted octanol–water partition coefficient (Wildman–Crippen LogP) is 6.94. The largest absolute Gasteiger partial charge is 0.496 e. The van der Waals surface area contributed by atoms with Crippen molar-refractivity contribution in [3.8, 4) is 5.75 Å². The second kappa shape index (κ2) is 19.4. The normalized spacial score (nSPS) is 42.9. The van der Waals surface area contributed by atoms with Crippen LogP contribution in [0.2, 0.25) is 0 Å². The lowest BCUT2D eigenvalue weighted by Crippen LogP contribution is -2.58. The minimum Gasteiger partial charge on any atom is -0.496 e. The van der Waals surface area contributed by atoms with Gasteiger partial charge >= 0.3 is 11.9 Å². The van der Waals surface area contributed by atoms with Crippen LogP contribution in [-0.4, -0.2) is 116 Å². The molecule has 1 aromatic carbocycles. The SMILES string of the molecule is CCC(C)[C@H]1O[C@]2(CC[C@@H]1C)C[C@@H]1C[C@@H](C/C=C(\C)[C@@H](O[C@H]3C[C@H](OC)[C@@H](OC(=O)c4ccccc4OC)[C@H](C)O3)[C@@H](C)/C=C/C=C3\CO[C@@H]4[C@H](O)C(C)=C[C@@H](C(=O)O1)[C@]34O)O2. The van der Waals surface area contributed by atoms with Crippen molar-refractivity contribution in [2.24, 2.45) is 23.7 Å². The number of esters is 2. The first-order valence-corrected chi connectivity index (χ1v) is 22.6. The second-order valence-electron chi connectivity index (χ2n) is 18.6. The molecule has 13 heteroatoms. The van der Waals surface area contributed by atoms with E-state index in [4.69, 9.17) is 42.6 Å². The lowest BCUT2D eigenvalue weighted by molar-refractivity contribution is -0.340. The van der Waals surface area contributed by atoms with E-state index >= 15 is 0 Å². The minimum atomic E-state index is -1.83. The van der Waals surface area contributed by atoms with E-state index in [9.17, 15) is 19.8 Å². The number of fused-ring (bicyclic) bond motifs is 2. The first kappa shape index (κ1) is 46.6. The molecule has 0 saturated carbocycles. The monoisotopic (exact) mass is 864 g/mol. The highest BCUT2D eigenvalue weighted by atomic mass is 16.7. The van der Waals surface area contributed by atoms with Gasteiger partial charge in [0.05, 0.1) is 38.1 Å². The molecule has 6 aliphatic rings. The van der Waals surface area contributed by atoms with Gasteiger partial charge in [-0.25, -0.2) is 4.79 Å². The van der Waals surface area contributed by atoms with Gasteiger partial charge in [0.15, 0.2) is 18.2 Å². The summed E-state index contributed by atoms with van der Waals surface area (Å²) in [7, 11) is 3.09. The number of hydrogen-bond acceptors (Lipinski definition) is 13. The standard InChI is InChI=1S/C49H68O13/c1-10-27(2)43-30(5)20-21-48(62-43)25-35-23-34(61-48)19-18-29(4)42(28(3)14-13-15-33-26-56-45-41(50)31(6)22-37(47(52)58-35)49(33,45)53)59-40-24-39(55-9)44(32(7)57-40)60-46(51)36-16-11-12-17-38(36)54-8/h11-18,22,27-28,30,32,34-35,37,39-45,50,53H,10,19-21,23-26H2,1-9H3/b14-13+,29-18+,33-15+/t27?,28-,30-,32-,34+,35-,37-,39-,40-,41+,42-,43+,44-,45+,48+,49+/m0/s1. The molecule has 7 rings (SSSR count). The third-order valence-electron chi connectivity index (χ3n) is 14.2. The maximum atomic E-state index is 14.4. The minimum absolute atomic E-state index is 0.0160. The van der Waals surface area contributed by atoms with E-state index in [0.29, 0.717) is 66.4 Å². The molecule has 1 aromatic rings. The summed E-state index contributed by atoms with van der Waals surface area (Å²) >= 11 is 0. The van der Waals surface area contributed by atoms with Crippen LogP contribution in [0.5, 0.6) is 5.75 Å². The fourth-order valence-corrected chi connectivity index (χ4v) is 10.4. The molecule has 2 N–H and O–H groups in total. The average molecular weight is 865 g/mol. The summed E-state index contributed by atoms with van der Waals surface area (Å²) in [6.45, 7) is 14.3. The molecule has 5 aliphatic heterocycles. The van der Waals surface area contributed by atoms with E-state index in [1.807, 2.05) is 32.9 Å². The van der Waals surface area contributed by atoms with E-state index < -0.39 is 78.3 Å². The number of carbonyl (C=O) groups is 2. The van der Waals surface area contributed by atoms with Crippen LogP contribution in [0.1, 0.15) is 104 Å². The number of carbonyl (C=O) groups excluding carboxylic acids is 2. The van der Waals surface area contributed by atoms with Crippen LogP contribution < -0.4 is 4.74 Å². The Hall–Kier alpha value is -3.40. The molecule has 4 saturated heterocycles. The van der Waals surface area contributed by atoms with Crippen LogP contribution >= 0.6 is 0 Å². The van der Waals surface area contributed by atoms with Crippen molar-refractivity contribution in [3.63, 3.8) is 0 Å². The number of rotatable bonds is 8. The first-order valence-electron chi connectivity index (χ1n) is 22.6. The van der Waals surface area contributed by atoms with Gasteiger partial charge in [-0.3, -0.25) is 4.79 Å². The zero-order chi connectivity index (χ0) is 44.5. The Morgan fingerprint density at radius 3 is 2.56 bits per heavy atom. The van der Waals surface area contributed by atoms with Crippen LogP contribution in [0.3, 0.4) is 0 Å². The Bertz CT molecular complexity index is 1890. The van der Waals surface area contributed by atoms with Gasteiger partial charge in [-0.15, -0.1) is 0 Å². The van der Waals surface area contributed by atoms with Gasteiger partial charge in [-0.2, -0.15) is 0 Å². The maximum absolute atomic E-state index is 14.4. The number of aliphatic hydroxyl groups is 2. The third kappa shape index (κ3) is 9.38. The highest BCUT2D eigenvalue weighted by molar-refractivity contribution is 5.92. The smallest absolute Gasteiger partial charge is 0.342 e. The highest BCUT2D eigenvalue weighted by Crippen LogP contribution is 2.48. The second-order valence-corrected chi connectivity index (χ2v) is 18.6. The molecule has 0 aromatic heterocycles. The lowest BCUT2D eigenvalue weighted by Gasteiger charge is -2.51. The van der Waals surface area contributed by atoms with Crippen molar-refractivity contribution in [2.45, 2.75) is 166 Å². The summed E-state index contributed by atoms with van der Waals surface area (Å²) in [5.74, 6) is -2.30. The Balaban J connectivity index is 1.19. The number of methoxy groups -OCH3 is 2. The van der Waals surface area contributed by atoms with Gasteiger partial charge in [0.1, 0.15) is 47.2 Å². The Labute approximate surface area is 366 Å². The molecule has 1 unspecified atom stereocenters. The van der Waals surface area contributed by atoms with Crippen LogP contribution in [-0.2, 0) is 42.7 Å². The van der Waals surface area contributed by atoms with E-state index in [0.717, 1.165) is 18.4 Å². The molecule has 1 spiro atoms. The molecule has 13 nitrogen and oxygen atoms in total. The molecule has 0 radical (unpaired) electrons. The molecule has 2 bridgehead atoms. The molecule has 342 valence electrons. The van der Waals surface area contributed by atoms with Crippen molar-refractivity contribution < 1.29 is 62.4 Å². The van der Waals surface area contributed by atoms with Crippen LogP contribution in [0.15, 0.2) is 71.4 Å². The highest BCUT2D eigenvalue weighted by Gasteiger charge is 2.60. The van der Waals surface area contributed by atoms with E-state index in [1.165, 1.54) is 7.11 Å². The topological polar surface area (TPSA) is 158 Å². The zero-order valence-corrected chi connectivity index (χ0v) is 37.8. The number of allylic oxidation sites excluding steroid dienone is 2. The summed E-state index contributed by atoms with van der Waals surface area (Å²) in [5.41, 5.74) is 0.433. The summed E-state index contributed by atoms with van der Waals surface area (Å²) in [6.07, 6.45) is 7.45. The van der Waals surface area contributed by atoms with Gasteiger partial charge in [-0.1, -0.05) is 76.6 Å². The Morgan fingerprint density at radius 1 is 1.05 bits per heavy atom. The van der Waals surface area contributed by atoms with Crippen molar-refractivity contribution >= 4 is 11.9 Å². The number of benzene rings is 1.